The van der Waals surface area contributed by atoms with Crippen LogP contribution in [0.3, 0.4) is 0 Å². The van der Waals surface area contributed by atoms with Crippen LogP contribution >= 0.6 is 0 Å². The van der Waals surface area contributed by atoms with Crippen molar-refractivity contribution >= 4 is 0 Å². The molecule has 1 aromatic rings. The first-order chi connectivity index (χ1) is 13.1. The normalized spacial score (nSPS) is 28.4. The zero-order chi connectivity index (χ0) is 19.6. The lowest BCUT2D eigenvalue weighted by atomic mass is 9.88. The SMILES string of the molecule is CCCCCCCCCCc1ccccc1C1O[C@H](CO)[C@@H](O)[C@H](O)[C@H]1O. The molecule has 5 nitrogen and oxygen atoms in total. The third-order valence-electron chi connectivity index (χ3n) is 5.55. The predicted octanol–water partition coefficient (Wildman–Crippen LogP) is 2.88. The van der Waals surface area contributed by atoms with Crippen LogP contribution in [0.25, 0.3) is 0 Å². The van der Waals surface area contributed by atoms with Crippen molar-refractivity contribution in [1.82, 2.24) is 0 Å². The molecule has 1 aliphatic heterocycles. The molecule has 1 heterocycles. The van der Waals surface area contributed by atoms with Gasteiger partial charge in [-0.2, -0.15) is 0 Å². The maximum atomic E-state index is 10.4. The highest BCUT2D eigenvalue weighted by molar-refractivity contribution is 5.31. The van der Waals surface area contributed by atoms with Crippen LogP contribution in [0.15, 0.2) is 24.3 Å². The number of aliphatic hydroxyl groups is 4. The van der Waals surface area contributed by atoms with E-state index in [0.29, 0.717) is 0 Å². The Kier molecular flexibility index (Phi) is 9.73. The Morgan fingerprint density at radius 3 is 2.11 bits per heavy atom. The maximum Gasteiger partial charge on any atom is 0.113 e. The van der Waals surface area contributed by atoms with Crippen molar-refractivity contribution < 1.29 is 25.2 Å². The molecule has 1 aromatic carbocycles. The second kappa shape index (κ2) is 11.8. The van der Waals surface area contributed by atoms with Crippen molar-refractivity contribution in [1.29, 1.82) is 0 Å². The molecule has 5 atom stereocenters. The van der Waals surface area contributed by atoms with E-state index in [9.17, 15) is 20.4 Å². The maximum absolute atomic E-state index is 10.4. The van der Waals surface area contributed by atoms with Crippen LogP contribution in [0.4, 0.5) is 0 Å². The van der Waals surface area contributed by atoms with E-state index >= 15 is 0 Å². The molecule has 1 saturated heterocycles. The van der Waals surface area contributed by atoms with Gasteiger partial charge in [0.15, 0.2) is 0 Å². The van der Waals surface area contributed by atoms with Gasteiger partial charge in [-0.25, -0.2) is 0 Å². The molecule has 27 heavy (non-hydrogen) atoms. The highest BCUT2D eigenvalue weighted by Gasteiger charge is 2.44. The lowest BCUT2D eigenvalue weighted by Gasteiger charge is -2.40. The summed E-state index contributed by atoms with van der Waals surface area (Å²) in [5.41, 5.74) is 1.92. The first-order valence-electron chi connectivity index (χ1n) is 10.5. The Hall–Kier alpha value is -0.980. The van der Waals surface area contributed by atoms with E-state index in [0.717, 1.165) is 24.0 Å². The minimum absolute atomic E-state index is 0.401. The molecule has 1 fully saturated rings. The second-order valence-corrected chi connectivity index (χ2v) is 7.67. The summed E-state index contributed by atoms with van der Waals surface area (Å²) < 4.78 is 5.73. The predicted molar refractivity (Wildman–Crippen MR) is 105 cm³/mol. The Morgan fingerprint density at radius 2 is 1.44 bits per heavy atom. The summed E-state index contributed by atoms with van der Waals surface area (Å²) in [4.78, 5) is 0. The fourth-order valence-corrected chi connectivity index (χ4v) is 3.85. The zero-order valence-corrected chi connectivity index (χ0v) is 16.5. The van der Waals surface area contributed by atoms with Gasteiger partial charge in [0.25, 0.3) is 0 Å². The van der Waals surface area contributed by atoms with Gasteiger partial charge in [-0.1, -0.05) is 76.1 Å². The van der Waals surface area contributed by atoms with E-state index in [2.05, 4.69) is 6.92 Å². The Morgan fingerprint density at radius 1 is 0.815 bits per heavy atom. The average Bonchev–Trinajstić information content (AvgIpc) is 2.69. The molecule has 0 radical (unpaired) electrons. The van der Waals surface area contributed by atoms with Gasteiger partial charge >= 0.3 is 0 Å². The van der Waals surface area contributed by atoms with E-state index in [1.807, 2.05) is 24.3 Å². The molecule has 5 heteroatoms. The largest absolute Gasteiger partial charge is 0.394 e. The number of rotatable bonds is 11. The first-order valence-corrected chi connectivity index (χ1v) is 10.5. The molecule has 1 aliphatic rings. The number of hydrogen-bond acceptors (Lipinski definition) is 5. The molecule has 0 aromatic heterocycles. The molecule has 154 valence electrons. The first kappa shape index (κ1) is 22.3. The van der Waals surface area contributed by atoms with Crippen molar-refractivity contribution in [3.05, 3.63) is 35.4 Å². The van der Waals surface area contributed by atoms with Gasteiger partial charge in [-0.15, -0.1) is 0 Å². The number of aliphatic hydroxyl groups excluding tert-OH is 4. The van der Waals surface area contributed by atoms with Gasteiger partial charge in [-0.3, -0.25) is 0 Å². The highest BCUT2D eigenvalue weighted by Crippen LogP contribution is 2.34. The quantitative estimate of drug-likeness (QED) is 0.443. The van der Waals surface area contributed by atoms with Crippen molar-refractivity contribution in [2.24, 2.45) is 0 Å². The van der Waals surface area contributed by atoms with Crippen molar-refractivity contribution in [2.75, 3.05) is 6.61 Å². The molecular weight excluding hydrogens is 344 g/mol. The Labute approximate surface area is 163 Å². The zero-order valence-electron chi connectivity index (χ0n) is 16.5. The smallest absolute Gasteiger partial charge is 0.113 e. The highest BCUT2D eigenvalue weighted by atomic mass is 16.5. The van der Waals surface area contributed by atoms with Crippen LogP contribution in [-0.2, 0) is 11.2 Å². The van der Waals surface area contributed by atoms with E-state index in [1.54, 1.807) is 0 Å². The fourth-order valence-electron chi connectivity index (χ4n) is 3.85. The summed E-state index contributed by atoms with van der Waals surface area (Å²) in [6.45, 7) is 1.83. The number of benzene rings is 1. The Balaban J connectivity index is 1.91. The summed E-state index contributed by atoms with van der Waals surface area (Å²) in [7, 11) is 0. The lowest BCUT2D eigenvalue weighted by Crippen LogP contribution is -2.55. The Bertz CT molecular complexity index is 533. The average molecular weight is 381 g/mol. The minimum Gasteiger partial charge on any atom is -0.394 e. The lowest BCUT2D eigenvalue weighted by molar-refractivity contribution is -0.231. The van der Waals surface area contributed by atoms with Crippen LogP contribution in [0, 0.1) is 0 Å². The molecule has 4 N–H and O–H groups in total. The van der Waals surface area contributed by atoms with E-state index in [1.165, 1.54) is 44.9 Å². The van der Waals surface area contributed by atoms with E-state index in [4.69, 9.17) is 4.74 Å². The molecule has 0 saturated carbocycles. The molecule has 2 rings (SSSR count). The summed E-state index contributed by atoms with van der Waals surface area (Å²) in [6.07, 6.45) is 5.42. The van der Waals surface area contributed by atoms with Crippen LogP contribution in [0.5, 0.6) is 0 Å². The van der Waals surface area contributed by atoms with Gasteiger partial charge in [0.1, 0.15) is 30.5 Å². The van der Waals surface area contributed by atoms with E-state index in [-0.39, 0.29) is 0 Å². The number of aryl methyl sites for hydroxylation is 1. The molecule has 0 bridgehead atoms. The number of unbranched alkanes of at least 4 members (excludes halogenated alkanes) is 7. The molecule has 1 unspecified atom stereocenters. The van der Waals surface area contributed by atoms with Crippen LogP contribution in [0.2, 0.25) is 0 Å². The van der Waals surface area contributed by atoms with Crippen LogP contribution in [0.1, 0.15) is 75.5 Å². The van der Waals surface area contributed by atoms with Gasteiger partial charge < -0.3 is 25.2 Å². The summed E-state index contributed by atoms with van der Waals surface area (Å²) in [5, 5.41) is 39.8. The van der Waals surface area contributed by atoms with Gasteiger partial charge in [-0.05, 0) is 24.0 Å². The summed E-state index contributed by atoms with van der Waals surface area (Å²) in [6, 6.07) is 7.77. The minimum atomic E-state index is -1.34. The van der Waals surface area contributed by atoms with E-state index < -0.39 is 37.1 Å². The number of hydrogen-bond donors (Lipinski definition) is 4. The number of ether oxygens (including phenoxy) is 1. The molecular formula is C22H36O5. The van der Waals surface area contributed by atoms with Crippen molar-refractivity contribution in [3.63, 3.8) is 0 Å². The van der Waals surface area contributed by atoms with Gasteiger partial charge in [0.05, 0.1) is 6.61 Å². The molecule has 0 amide bonds. The van der Waals surface area contributed by atoms with Gasteiger partial charge in [0, 0.05) is 0 Å². The fraction of sp³-hybridized carbons (Fsp3) is 0.727. The second-order valence-electron chi connectivity index (χ2n) is 7.67. The van der Waals surface area contributed by atoms with Gasteiger partial charge in [0.2, 0.25) is 0 Å². The van der Waals surface area contributed by atoms with Crippen molar-refractivity contribution in [3.8, 4) is 0 Å². The molecule has 0 spiro atoms. The summed E-state index contributed by atoms with van der Waals surface area (Å²) >= 11 is 0. The van der Waals surface area contributed by atoms with Crippen LogP contribution < -0.4 is 0 Å². The standard InChI is InChI=1S/C22H36O5/c1-2-3-4-5-6-7-8-9-12-16-13-10-11-14-17(16)22-21(26)20(25)19(24)18(15-23)27-22/h10-11,13-14,18-26H,2-9,12,15H2,1H3/t18-,19-,20+,21-,22?/m1/s1. The van der Waals surface area contributed by atoms with Crippen LogP contribution in [-0.4, -0.2) is 51.4 Å². The topological polar surface area (TPSA) is 90.2 Å². The third-order valence-corrected chi connectivity index (χ3v) is 5.55. The van der Waals surface area contributed by atoms with Crippen molar-refractivity contribution in [2.45, 2.75) is 95.2 Å². The monoisotopic (exact) mass is 380 g/mol. The molecule has 0 aliphatic carbocycles. The third kappa shape index (κ3) is 6.26. The summed E-state index contributed by atoms with van der Waals surface area (Å²) in [5.74, 6) is 0.